The number of aromatic nitrogens is 1. The SMILES string of the molecule is Cc1cnccc1CNc1ccc(N)cc1Cl. The van der Waals surface area contributed by atoms with Crippen LogP contribution in [0.1, 0.15) is 11.1 Å². The largest absolute Gasteiger partial charge is 0.399 e. The van der Waals surface area contributed by atoms with E-state index in [2.05, 4.69) is 10.3 Å². The molecule has 2 rings (SSSR count). The van der Waals surface area contributed by atoms with Crippen molar-refractivity contribution in [1.29, 1.82) is 0 Å². The monoisotopic (exact) mass is 247 g/mol. The average molecular weight is 248 g/mol. The second-order valence-electron chi connectivity index (χ2n) is 3.89. The van der Waals surface area contributed by atoms with Gasteiger partial charge < -0.3 is 11.1 Å². The number of nitrogens with two attached hydrogens (primary N) is 1. The first kappa shape index (κ1) is 11.7. The first-order valence-electron chi connectivity index (χ1n) is 5.35. The van der Waals surface area contributed by atoms with E-state index < -0.39 is 0 Å². The van der Waals surface area contributed by atoms with Crippen LogP contribution in [-0.4, -0.2) is 4.98 Å². The standard InChI is InChI=1S/C13H14ClN3/c1-9-7-16-5-4-10(9)8-17-13-3-2-11(15)6-12(13)14/h2-7,17H,8,15H2,1H3. The molecular weight excluding hydrogens is 234 g/mol. The van der Waals surface area contributed by atoms with Crippen molar-refractivity contribution in [3.05, 3.63) is 52.8 Å². The van der Waals surface area contributed by atoms with Gasteiger partial charge in [0.15, 0.2) is 0 Å². The van der Waals surface area contributed by atoms with Crippen LogP contribution in [0.25, 0.3) is 0 Å². The van der Waals surface area contributed by atoms with E-state index in [4.69, 9.17) is 17.3 Å². The molecule has 0 fully saturated rings. The minimum Gasteiger partial charge on any atom is -0.399 e. The first-order valence-corrected chi connectivity index (χ1v) is 5.73. The van der Waals surface area contributed by atoms with Crippen molar-refractivity contribution in [3.63, 3.8) is 0 Å². The summed E-state index contributed by atoms with van der Waals surface area (Å²) in [6.45, 7) is 2.76. The zero-order valence-electron chi connectivity index (χ0n) is 9.57. The zero-order chi connectivity index (χ0) is 12.3. The first-order chi connectivity index (χ1) is 8.16. The molecule has 0 aliphatic heterocycles. The van der Waals surface area contributed by atoms with Crippen LogP contribution in [-0.2, 0) is 6.54 Å². The number of anilines is 2. The highest BCUT2D eigenvalue weighted by molar-refractivity contribution is 6.33. The Bertz CT molecular complexity index is 526. The van der Waals surface area contributed by atoms with Crippen LogP contribution in [0.2, 0.25) is 5.02 Å². The van der Waals surface area contributed by atoms with Gasteiger partial charge in [-0.3, -0.25) is 4.98 Å². The van der Waals surface area contributed by atoms with Gasteiger partial charge in [-0.1, -0.05) is 11.6 Å². The van der Waals surface area contributed by atoms with Gasteiger partial charge in [0, 0.05) is 24.6 Å². The normalized spacial score (nSPS) is 10.2. The molecule has 0 radical (unpaired) electrons. The number of nitrogens with zero attached hydrogens (tertiary/aromatic N) is 1. The van der Waals surface area contributed by atoms with Crippen LogP contribution < -0.4 is 11.1 Å². The number of aryl methyl sites for hydroxylation is 1. The van der Waals surface area contributed by atoms with Crippen molar-refractivity contribution in [2.75, 3.05) is 11.1 Å². The fourth-order valence-electron chi connectivity index (χ4n) is 1.57. The molecule has 1 aromatic carbocycles. The van der Waals surface area contributed by atoms with Gasteiger partial charge in [0.25, 0.3) is 0 Å². The highest BCUT2D eigenvalue weighted by atomic mass is 35.5. The van der Waals surface area contributed by atoms with Gasteiger partial charge in [-0.15, -0.1) is 0 Å². The van der Waals surface area contributed by atoms with Crippen molar-refractivity contribution < 1.29 is 0 Å². The van der Waals surface area contributed by atoms with Crippen LogP contribution in [0, 0.1) is 6.92 Å². The molecule has 17 heavy (non-hydrogen) atoms. The second kappa shape index (κ2) is 5.06. The fraction of sp³-hybridized carbons (Fsp3) is 0.154. The molecular formula is C13H14ClN3. The number of nitrogen functional groups attached to an aromatic ring is 1. The van der Waals surface area contributed by atoms with Crippen molar-refractivity contribution in [2.24, 2.45) is 0 Å². The van der Waals surface area contributed by atoms with Gasteiger partial charge in [0.1, 0.15) is 0 Å². The maximum Gasteiger partial charge on any atom is 0.0658 e. The summed E-state index contributed by atoms with van der Waals surface area (Å²) in [6.07, 6.45) is 3.64. The summed E-state index contributed by atoms with van der Waals surface area (Å²) < 4.78 is 0. The van der Waals surface area contributed by atoms with E-state index in [1.54, 1.807) is 12.3 Å². The molecule has 1 heterocycles. The van der Waals surface area contributed by atoms with Gasteiger partial charge in [-0.25, -0.2) is 0 Å². The predicted octanol–water partition coefficient (Wildman–Crippen LogP) is 3.24. The fourth-order valence-corrected chi connectivity index (χ4v) is 1.82. The van der Waals surface area contributed by atoms with E-state index in [0.29, 0.717) is 10.7 Å². The van der Waals surface area contributed by atoms with Crippen molar-refractivity contribution in [3.8, 4) is 0 Å². The van der Waals surface area contributed by atoms with Crippen LogP contribution in [0.3, 0.4) is 0 Å². The third-order valence-corrected chi connectivity index (χ3v) is 2.91. The molecule has 3 N–H and O–H groups in total. The molecule has 0 unspecified atom stereocenters. The number of nitrogens with one attached hydrogen (secondary N) is 1. The van der Waals surface area contributed by atoms with E-state index in [-0.39, 0.29) is 0 Å². The van der Waals surface area contributed by atoms with E-state index in [0.717, 1.165) is 17.8 Å². The topological polar surface area (TPSA) is 50.9 Å². The minimum atomic E-state index is 0.636. The summed E-state index contributed by atoms with van der Waals surface area (Å²) >= 11 is 6.08. The minimum absolute atomic E-state index is 0.636. The summed E-state index contributed by atoms with van der Waals surface area (Å²) in [5.74, 6) is 0. The van der Waals surface area contributed by atoms with Crippen LogP contribution in [0.15, 0.2) is 36.7 Å². The smallest absolute Gasteiger partial charge is 0.0658 e. The van der Waals surface area contributed by atoms with E-state index >= 15 is 0 Å². The Kier molecular flexibility index (Phi) is 3.49. The molecule has 0 amide bonds. The van der Waals surface area contributed by atoms with Gasteiger partial charge in [0.2, 0.25) is 0 Å². The Morgan fingerprint density at radius 3 is 2.88 bits per heavy atom. The number of halogens is 1. The molecule has 1 aromatic heterocycles. The summed E-state index contributed by atoms with van der Waals surface area (Å²) in [4.78, 5) is 4.06. The van der Waals surface area contributed by atoms with Crippen molar-refractivity contribution >= 4 is 23.0 Å². The maximum atomic E-state index is 6.08. The number of hydrogen-bond donors (Lipinski definition) is 2. The number of pyridine rings is 1. The van der Waals surface area contributed by atoms with Crippen LogP contribution in [0.4, 0.5) is 11.4 Å². The van der Waals surface area contributed by atoms with Gasteiger partial charge >= 0.3 is 0 Å². The lowest BCUT2D eigenvalue weighted by Gasteiger charge is -2.10. The van der Waals surface area contributed by atoms with Crippen LogP contribution in [0.5, 0.6) is 0 Å². The molecule has 88 valence electrons. The Hall–Kier alpha value is -1.74. The molecule has 0 aliphatic carbocycles. The lowest BCUT2D eigenvalue weighted by molar-refractivity contribution is 1.09. The Balaban J connectivity index is 2.10. The molecule has 4 heteroatoms. The molecule has 3 nitrogen and oxygen atoms in total. The highest BCUT2D eigenvalue weighted by Gasteiger charge is 2.01. The van der Waals surface area contributed by atoms with Gasteiger partial charge in [0.05, 0.1) is 10.7 Å². The molecule has 0 atom stereocenters. The number of benzene rings is 1. The second-order valence-corrected chi connectivity index (χ2v) is 4.30. The predicted molar refractivity (Wildman–Crippen MR) is 72.2 cm³/mol. The van der Waals surface area contributed by atoms with E-state index in [9.17, 15) is 0 Å². The Morgan fingerprint density at radius 2 is 2.18 bits per heavy atom. The lowest BCUT2D eigenvalue weighted by Crippen LogP contribution is -2.02. The Labute approximate surface area is 106 Å². The Morgan fingerprint density at radius 1 is 1.35 bits per heavy atom. The summed E-state index contributed by atoms with van der Waals surface area (Å²) in [5, 5.41) is 3.92. The molecule has 0 spiro atoms. The number of hydrogen-bond acceptors (Lipinski definition) is 3. The van der Waals surface area contributed by atoms with Crippen molar-refractivity contribution in [1.82, 2.24) is 4.98 Å². The van der Waals surface area contributed by atoms with Gasteiger partial charge in [-0.05, 0) is 42.3 Å². The molecule has 0 saturated heterocycles. The molecule has 0 aliphatic rings. The molecule has 2 aromatic rings. The van der Waals surface area contributed by atoms with E-state index in [1.807, 2.05) is 31.3 Å². The average Bonchev–Trinajstić information content (AvgIpc) is 2.30. The van der Waals surface area contributed by atoms with Gasteiger partial charge in [-0.2, -0.15) is 0 Å². The third-order valence-electron chi connectivity index (χ3n) is 2.60. The quantitative estimate of drug-likeness (QED) is 0.819. The lowest BCUT2D eigenvalue weighted by atomic mass is 10.1. The third kappa shape index (κ3) is 2.88. The molecule has 0 saturated carbocycles. The van der Waals surface area contributed by atoms with Crippen LogP contribution >= 0.6 is 11.6 Å². The molecule has 0 bridgehead atoms. The highest BCUT2D eigenvalue weighted by Crippen LogP contribution is 2.24. The van der Waals surface area contributed by atoms with E-state index in [1.165, 1.54) is 5.56 Å². The maximum absolute atomic E-state index is 6.08. The summed E-state index contributed by atoms with van der Waals surface area (Å²) in [7, 11) is 0. The van der Waals surface area contributed by atoms with Crippen molar-refractivity contribution in [2.45, 2.75) is 13.5 Å². The summed E-state index contributed by atoms with van der Waals surface area (Å²) in [6, 6.07) is 7.44. The summed E-state index contributed by atoms with van der Waals surface area (Å²) in [5.41, 5.74) is 9.55. The number of rotatable bonds is 3. The zero-order valence-corrected chi connectivity index (χ0v) is 10.3.